The summed E-state index contributed by atoms with van der Waals surface area (Å²) in [6, 6.07) is 0. The van der Waals surface area contributed by atoms with Crippen molar-refractivity contribution < 1.29 is 4.79 Å². The van der Waals surface area contributed by atoms with Crippen molar-refractivity contribution >= 4 is 35.8 Å². The third-order valence-corrected chi connectivity index (χ3v) is 5.80. The van der Waals surface area contributed by atoms with Crippen molar-refractivity contribution in [2.45, 2.75) is 51.9 Å². The van der Waals surface area contributed by atoms with Crippen LogP contribution in [-0.4, -0.2) is 85.5 Å². The van der Waals surface area contributed by atoms with Gasteiger partial charge in [-0.25, -0.2) is 0 Å². The van der Waals surface area contributed by atoms with Gasteiger partial charge in [0.1, 0.15) is 0 Å². The van der Waals surface area contributed by atoms with E-state index in [1.54, 1.807) is 0 Å². The number of piperazine rings is 1. The van der Waals surface area contributed by atoms with E-state index in [4.69, 9.17) is 4.99 Å². The molecule has 0 radical (unpaired) electrons. The molecule has 0 aromatic carbocycles. The van der Waals surface area contributed by atoms with Crippen molar-refractivity contribution in [3.63, 3.8) is 0 Å². The van der Waals surface area contributed by atoms with Gasteiger partial charge < -0.3 is 15.1 Å². The SMILES string of the molecule is CCNC(=NCCCC1CC1)N1CCN(CC(=O)N2CCCCC2)CC1.I. The third-order valence-electron chi connectivity index (χ3n) is 5.80. The van der Waals surface area contributed by atoms with Crippen molar-refractivity contribution in [1.29, 1.82) is 0 Å². The minimum absolute atomic E-state index is 0. The van der Waals surface area contributed by atoms with Crippen molar-refractivity contribution in [2.24, 2.45) is 10.9 Å². The fourth-order valence-electron chi connectivity index (χ4n) is 3.95. The van der Waals surface area contributed by atoms with E-state index in [1.165, 1.54) is 44.9 Å². The van der Waals surface area contributed by atoms with Crippen LogP contribution in [0.4, 0.5) is 0 Å². The maximum Gasteiger partial charge on any atom is 0.236 e. The second-order valence-electron chi connectivity index (χ2n) is 8.03. The number of amides is 1. The number of carbonyl (C=O) groups excluding carboxylic acids is 1. The summed E-state index contributed by atoms with van der Waals surface area (Å²) in [4.78, 5) is 24.0. The molecular weight excluding hydrogens is 453 g/mol. The molecule has 1 saturated carbocycles. The number of aliphatic imine (C=N–C) groups is 1. The highest BCUT2D eigenvalue weighted by Gasteiger charge is 2.24. The molecule has 0 aromatic rings. The Labute approximate surface area is 182 Å². The number of nitrogens with zero attached hydrogens (tertiary/aromatic N) is 4. The Morgan fingerprint density at radius 2 is 1.70 bits per heavy atom. The fourth-order valence-corrected chi connectivity index (χ4v) is 3.95. The molecule has 0 spiro atoms. The van der Waals surface area contributed by atoms with Crippen molar-refractivity contribution in [3.05, 3.63) is 0 Å². The molecule has 1 amide bonds. The lowest BCUT2D eigenvalue weighted by Gasteiger charge is -2.37. The largest absolute Gasteiger partial charge is 0.357 e. The van der Waals surface area contributed by atoms with Crippen LogP contribution < -0.4 is 5.32 Å². The number of hydrogen-bond acceptors (Lipinski definition) is 3. The summed E-state index contributed by atoms with van der Waals surface area (Å²) < 4.78 is 0. The second-order valence-corrected chi connectivity index (χ2v) is 8.03. The van der Waals surface area contributed by atoms with Crippen LogP contribution in [0, 0.1) is 5.92 Å². The quantitative estimate of drug-likeness (QED) is 0.257. The van der Waals surface area contributed by atoms with E-state index < -0.39 is 0 Å². The molecule has 0 aromatic heterocycles. The van der Waals surface area contributed by atoms with E-state index in [2.05, 4.69) is 26.9 Å². The van der Waals surface area contributed by atoms with Gasteiger partial charge >= 0.3 is 0 Å². The third kappa shape index (κ3) is 7.75. The Bertz CT molecular complexity index is 469. The number of nitrogens with one attached hydrogen (secondary N) is 1. The Morgan fingerprint density at radius 1 is 1.00 bits per heavy atom. The van der Waals surface area contributed by atoms with Crippen LogP contribution in [0.3, 0.4) is 0 Å². The minimum atomic E-state index is 0. The first-order valence-electron chi connectivity index (χ1n) is 10.8. The van der Waals surface area contributed by atoms with E-state index in [9.17, 15) is 4.79 Å². The van der Waals surface area contributed by atoms with Gasteiger partial charge in [0, 0.05) is 52.4 Å². The monoisotopic (exact) mass is 491 g/mol. The van der Waals surface area contributed by atoms with E-state index in [1.807, 2.05) is 0 Å². The van der Waals surface area contributed by atoms with Crippen LogP contribution in [0.5, 0.6) is 0 Å². The molecule has 0 atom stereocenters. The molecule has 156 valence electrons. The Morgan fingerprint density at radius 3 is 2.33 bits per heavy atom. The first-order chi connectivity index (χ1) is 12.8. The first kappa shape index (κ1) is 22.7. The van der Waals surface area contributed by atoms with Crippen LogP contribution in [0.25, 0.3) is 0 Å². The van der Waals surface area contributed by atoms with Crippen molar-refractivity contribution in [2.75, 3.05) is 58.9 Å². The molecule has 1 N–H and O–H groups in total. The molecule has 2 saturated heterocycles. The number of halogens is 1. The molecule has 0 bridgehead atoms. The summed E-state index contributed by atoms with van der Waals surface area (Å²) in [5, 5.41) is 3.45. The van der Waals surface area contributed by atoms with Gasteiger partial charge in [0.05, 0.1) is 6.54 Å². The average molecular weight is 491 g/mol. The summed E-state index contributed by atoms with van der Waals surface area (Å²) in [6.07, 6.45) is 9.03. The summed E-state index contributed by atoms with van der Waals surface area (Å²) in [5.41, 5.74) is 0. The summed E-state index contributed by atoms with van der Waals surface area (Å²) >= 11 is 0. The van der Waals surface area contributed by atoms with Gasteiger partial charge in [0.15, 0.2) is 5.96 Å². The topological polar surface area (TPSA) is 51.2 Å². The van der Waals surface area contributed by atoms with Gasteiger partial charge in [0.25, 0.3) is 0 Å². The molecule has 1 aliphatic carbocycles. The van der Waals surface area contributed by atoms with Crippen LogP contribution in [-0.2, 0) is 4.79 Å². The van der Waals surface area contributed by atoms with Gasteiger partial charge in [-0.1, -0.05) is 12.8 Å². The van der Waals surface area contributed by atoms with Gasteiger partial charge in [-0.2, -0.15) is 0 Å². The maximum absolute atomic E-state index is 12.5. The number of likely N-dealkylation sites (tertiary alicyclic amines) is 1. The fraction of sp³-hybridized carbons (Fsp3) is 0.900. The predicted molar refractivity (Wildman–Crippen MR) is 122 cm³/mol. The number of guanidine groups is 1. The predicted octanol–water partition coefficient (Wildman–Crippen LogP) is 2.39. The molecule has 3 fully saturated rings. The molecule has 6 nitrogen and oxygen atoms in total. The molecule has 3 rings (SSSR count). The zero-order valence-corrected chi connectivity index (χ0v) is 19.3. The van der Waals surface area contributed by atoms with E-state index in [0.29, 0.717) is 12.5 Å². The number of carbonyl (C=O) groups is 1. The van der Waals surface area contributed by atoms with E-state index >= 15 is 0 Å². The number of rotatable bonds is 7. The maximum atomic E-state index is 12.5. The van der Waals surface area contributed by atoms with Crippen LogP contribution in [0.2, 0.25) is 0 Å². The molecule has 0 unspecified atom stereocenters. The summed E-state index contributed by atoms with van der Waals surface area (Å²) in [7, 11) is 0. The molecular formula is C20H38IN5O. The highest BCUT2D eigenvalue weighted by Crippen LogP contribution is 2.33. The smallest absolute Gasteiger partial charge is 0.236 e. The van der Waals surface area contributed by atoms with E-state index in [0.717, 1.165) is 64.2 Å². The second kappa shape index (κ2) is 12.1. The average Bonchev–Trinajstić information content (AvgIpc) is 3.50. The normalized spacial score (nSPS) is 21.7. The van der Waals surface area contributed by atoms with Gasteiger partial charge in [-0.3, -0.25) is 14.7 Å². The summed E-state index contributed by atoms with van der Waals surface area (Å²) in [5.74, 6) is 2.37. The molecule has 27 heavy (non-hydrogen) atoms. The van der Waals surface area contributed by atoms with Gasteiger partial charge in [-0.15, -0.1) is 24.0 Å². The van der Waals surface area contributed by atoms with Crippen molar-refractivity contribution in [3.8, 4) is 0 Å². The Balaban J connectivity index is 0.00000261. The van der Waals surface area contributed by atoms with E-state index in [-0.39, 0.29) is 24.0 Å². The van der Waals surface area contributed by atoms with Crippen LogP contribution >= 0.6 is 24.0 Å². The van der Waals surface area contributed by atoms with Crippen molar-refractivity contribution in [1.82, 2.24) is 20.0 Å². The lowest BCUT2D eigenvalue weighted by Crippen LogP contribution is -2.54. The van der Waals surface area contributed by atoms with Gasteiger partial charge in [0.2, 0.25) is 5.91 Å². The van der Waals surface area contributed by atoms with Crippen LogP contribution in [0.1, 0.15) is 51.9 Å². The highest BCUT2D eigenvalue weighted by molar-refractivity contribution is 14.0. The number of piperidine rings is 1. The standard InChI is InChI=1S/C20H37N5O.HI/c1-2-21-20(22-10-6-7-18-8-9-18)25-15-13-23(14-16-25)17-19(26)24-11-4-3-5-12-24;/h18H,2-17H2,1H3,(H,21,22);1H. The lowest BCUT2D eigenvalue weighted by molar-refractivity contribution is -0.133. The minimum Gasteiger partial charge on any atom is -0.357 e. The van der Waals surface area contributed by atoms with Crippen LogP contribution in [0.15, 0.2) is 4.99 Å². The summed E-state index contributed by atoms with van der Waals surface area (Å²) in [6.45, 7) is 10.3. The highest BCUT2D eigenvalue weighted by atomic mass is 127. The molecule has 2 aliphatic heterocycles. The molecule has 3 aliphatic rings. The zero-order valence-electron chi connectivity index (χ0n) is 17.0. The Hall–Kier alpha value is -0.570. The number of hydrogen-bond donors (Lipinski definition) is 1. The Kier molecular flexibility index (Phi) is 10.2. The first-order valence-corrected chi connectivity index (χ1v) is 10.8. The molecule has 7 heteroatoms. The zero-order chi connectivity index (χ0) is 18.2. The lowest BCUT2D eigenvalue weighted by atomic mass is 10.1. The van der Waals surface area contributed by atoms with Gasteiger partial charge in [-0.05, 0) is 44.9 Å². The molecule has 2 heterocycles.